The van der Waals surface area contributed by atoms with Crippen LogP contribution >= 0.6 is 0 Å². The third-order valence-corrected chi connectivity index (χ3v) is 3.21. The lowest BCUT2D eigenvalue weighted by Gasteiger charge is -2.15. The lowest BCUT2D eigenvalue weighted by molar-refractivity contribution is 0.295. The van der Waals surface area contributed by atoms with E-state index in [0.717, 1.165) is 23.4 Å². The van der Waals surface area contributed by atoms with Gasteiger partial charge in [-0.15, -0.1) is 0 Å². The van der Waals surface area contributed by atoms with Crippen molar-refractivity contribution >= 4 is 0 Å². The molecule has 1 atom stereocenters. The topological polar surface area (TPSA) is 48.1 Å². The van der Waals surface area contributed by atoms with Crippen molar-refractivity contribution in [3.8, 4) is 5.75 Å². The van der Waals surface area contributed by atoms with Gasteiger partial charge in [-0.3, -0.25) is 4.98 Å². The van der Waals surface area contributed by atoms with Crippen molar-refractivity contribution in [3.63, 3.8) is 0 Å². The van der Waals surface area contributed by atoms with Gasteiger partial charge in [0.1, 0.15) is 5.75 Å². The monoisotopic (exact) mass is 256 g/mol. The fraction of sp³-hybridized carbons (Fsp3) is 0.312. The molecule has 0 saturated heterocycles. The zero-order valence-corrected chi connectivity index (χ0v) is 11.3. The van der Waals surface area contributed by atoms with Gasteiger partial charge in [-0.1, -0.05) is 24.3 Å². The highest BCUT2D eigenvalue weighted by atomic mass is 16.5. The Morgan fingerprint density at radius 2 is 1.95 bits per heavy atom. The molecule has 0 saturated carbocycles. The van der Waals surface area contributed by atoms with Crippen LogP contribution in [0.1, 0.15) is 23.6 Å². The first-order valence-corrected chi connectivity index (χ1v) is 6.60. The first-order valence-electron chi connectivity index (χ1n) is 6.60. The molecule has 1 heterocycles. The van der Waals surface area contributed by atoms with E-state index in [4.69, 9.17) is 10.5 Å². The van der Waals surface area contributed by atoms with E-state index in [1.165, 1.54) is 0 Å². The highest BCUT2D eigenvalue weighted by molar-refractivity contribution is 5.31. The summed E-state index contributed by atoms with van der Waals surface area (Å²) in [6.45, 7) is 3.30. The predicted octanol–water partition coefficient (Wildman–Crippen LogP) is 2.90. The Morgan fingerprint density at radius 3 is 2.63 bits per heavy atom. The molecule has 0 fully saturated rings. The first kappa shape index (κ1) is 13.6. The molecular weight excluding hydrogens is 236 g/mol. The van der Waals surface area contributed by atoms with Crippen LogP contribution in [-0.4, -0.2) is 18.1 Å². The van der Waals surface area contributed by atoms with E-state index in [-0.39, 0.29) is 5.92 Å². The quantitative estimate of drug-likeness (QED) is 0.864. The van der Waals surface area contributed by atoms with Crippen LogP contribution in [-0.2, 0) is 0 Å². The highest BCUT2D eigenvalue weighted by Gasteiger charge is 2.11. The van der Waals surface area contributed by atoms with Crippen molar-refractivity contribution in [1.29, 1.82) is 0 Å². The largest absolute Gasteiger partial charge is 0.493 e. The number of nitrogens with two attached hydrogens (primary N) is 1. The van der Waals surface area contributed by atoms with Gasteiger partial charge in [0.25, 0.3) is 0 Å². The van der Waals surface area contributed by atoms with Crippen LogP contribution in [0.25, 0.3) is 0 Å². The van der Waals surface area contributed by atoms with Gasteiger partial charge in [0, 0.05) is 24.4 Å². The summed E-state index contributed by atoms with van der Waals surface area (Å²) < 4.78 is 5.81. The fourth-order valence-corrected chi connectivity index (χ4v) is 2.03. The molecular formula is C16H20N2O. The average Bonchev–Trinajstić information content (AvgIpc) is 2.46. The Morgan fingerprint density at radius 1 is 1.16 bits per heavy atom. The summed E-state index contributed by atoms with van der Waals surface area (Å²) in [5.41, 5.74) is 8.02. The third-order valence-electron chi connectivity index (χ3n) is 3.21. The summed E-state index contributed by atoms with van der Waals surface area (Å²) >= 11 is 0. The molecule has 0 amide bonds. The van der Waals surface area contributed by atoms with Crippen molar-refractivity contribution in [2.24, 2.45) is 5.73 Å². The summed E-state index contributed by atoms with van der Waals surface area (Å²) in [6, 6.07) is 14.0. The molecule has 0 radical (unpaired) electrons. The van der Waals surface area contributed by atoms with Gasteiger partial charge in [-0.2, -0.15) is 0 Å². The average molecular weight is 256 g/mol. The molecule has 2 aromatic rings. The van der Waals surface area contributed by atoms with E-state index in [1.807, 2.05) is 36.4 Å². The predicted molar refractivity (Wildman–Crippen MR) is 77.3 cm³/mol. The lowest BCUT2D eigenvalue weighted by atomic mass is 10.0. The lowest BCUT2D eigenvalue weighted by Crippen LogP contribution is -2.16. The van der Waals surface area contributed by atoms with Crippen LogP contribution in [0.2, 0.25) is 0 Å². The number of aryl methyl sites for hydroxylation is 1. The van der Waals surface area contributed by atoms with Gasteiger partial charge in [-0.25, -0.2) is 0 Å². The molecule has 0 bridgehead atoms. The number of benzene rings is 1. The number of hydrogen-bond donors (Lipinski definition) is 1. The minimum Gasteiger partial charge on any atom is -0.493 e. The molecule has 0 aliphatic rings. The van der Waals surface area contributed by atoms with E-state index in [2.05, 4.69) is 18.0 Å². The van der Waals surface area contributed by atoms with Crippen LogP contribution in [0.15, 0.2) is 48.7 Å². The van der Waals surface area contributed by atoms with Crippen molar-refractivity contribution in [3.05, 3.63) is 59.9 Å². The van der Waals surface area contributed by atoms with Crippen molar-refractivity contribution < 1.29 is 4.74 Å². The van der Waals surface area contributed by atoms with Gasteiger partial charge < -0.3 is 10.5 Å². The zero-order valence-electron chi connectivity index (χ0n) is 11.3. The van der Waals surface area contributed by atoms with Crippen LogP contribution in [0.4, 0.5) is 0 Å². The maximum Gasteiger partial charge on any atom is 0.122 e. The smallest absolute Gasteiger partial charge is 0.122 e. The van der Waals surface area contributed by atoms with Gasteiger partial charge in [0.15, 0.2) is 0 Å². The van der Waals surface area contributed by atoms with E-state index in [9.17, 15) is 0 Å². The van der Waals surface area contributed by atoms with Crippen molar-refractivity contribution in [1.82, 2.24) is 4.98 Å². The van der Waals surface area contributed by atoms with Crippen LogP contribution in [0, 0.1) is 6.92 Å². The molecule has 0 aliphatic carbocycles. The maximum absolute atomic E-state index is 5.82. The van der Waals surface area contributed by atoms with Crippen LogP contribution in [0.3, 0.4) is 0 Å². The van der Waals surface area contributed by atoms with Gasteiger partial charge in [0.2, 0.25) is 0 Å². The third kappa shape index (κ3) is 3.80. The standard InChI is InChI=1S/C16H20N2O/c1-13-6-2-3-8-16(13)19-11-9-14(12-17)15-7-4-5-10-18-15/h2-8,10,14H,9,11-12,17H2,1H3. The molecule has 2 rings (SSSR count). The normalized spacial score (nSPS) is 12.1. The molecule has 2 N–H and O–H groups in total. The van der Waals surface area contributed by atoms with Gasteiger partial charge in [-0.05, 0) is 37.1 Å². The summed E-state index contributed by atoms with van der Waals surface area (Å²) in [4.78, 5) is 4.36. The second kappa shape index (κ2) is 6.90. The van der Waals surface area contributed by atoms with Gasteiger partial charge >= 0.3 is 0 Å². The molecule has 100 valence electrons. The Hall–Kier alpha value is -1.87. The second-order valence-corrected chi connectivity index (χ2v) is 4.59. The number of para-hydroxylation sites is 1. The van der Waals surface area contributed by atoms with Crippen molar-refractivity contribution in [2.45, 2.75) is 19.3 Å². The second-order valence-electron chi connectivity index (χ2n) is 4.59. The SMILES string of the molecule is Cc1ccccc1OCCC(CN)c1ccccn1. The Kier molecular flexibility index (Phi) is 4.93. The molecule has 1 unspecified atom stereocenters. The molecule has 3 heteroatoms. The van der Waals surface area contributed by atoms with Crippen molar-refractivity contribution in [2.75, 3.05) is 13.2 Å². The minimum atomic E-state index is 0.255. The first-order chi connectivity index (χ1) is 9.31. The van der Waals surface area contributed by atoms with E-state index < -0.39 is 0 Å². The minimum absolute atomic E-state index is 0.255. The highest BCUT2D eigenvalue weighted by Crippen LogP contribution is 2.19. The maximum atomic E-state index is 5.82. The van der Waals surface area contributed by atoms with E-state index in [1.54, 1.807) is 6.20 Å². The molecule has 1 aromatic carbocycles. The molecule has 0 aliphatic heterocycles. The molecule has 19 heavy (non-hydrogen) atoms. The Bertz CT molecular complexity index is 499. The van der Waals surface area contributed by atoms with Crippen LogP contribution in [0.5, 0.6) is 5.75 Å². The summed E-state index contributed by atoms with van der Waals surface area (Å²) in [5, 5.41) is 0. The molecule has 3 nitrogen and oxygen atoms in total. The van der Waals surface area contributed by atoms with E-state index >= 15 is 0 Å². The molecule has 1 aromatic heterocycles. The molecule has 0 spiro atoms. The number of nitrogens with zero attached hydrogens (tertiary/aromatic N) is 1. The fourth-order valence-electron chi connectivity index (χ4n) is 2.03. The number of rotatable bonds is 6. The van der Waals surface area contributed by atoms with Crippen LogP contribution < -0.4 is 10.5 Å². The Labute approximate surface area is 114 Å². The Balaban J connectivity index is 1.89. The number of hydrogen-bond acceptors (Lipinski definition) is 3. The summed E-state index contributed by atoms with van der Waals surface area (Å²) in [5.74, 6) is 1.20. The zero-order chi connectivity index (χ0) is 13.5. The summed E-state index contributed by atoms with van der Waals surface area (Å²) in [7, 11) is 0. The van der Waals surface area contributed by atoms with E-state index in [0.29, 0.717) is 13.2 Å². The number of pyridine rings is 1. The summed E-state index contributed by atoms with van der Waals surface area (Å²) in [6.07, 6.45) is 2.68. The van der Waals surface area contributed by atoms with Gasteiger partial charge in [0.05, 0.1) is 6.61 Å². The number of ether oxygens (including phenoxy) is 1. The number of aromatic nitrogens is 1.